The smallest absolute Gasteiger partial charge is 0.293 e. The number of rotatable bonds is 7. The molecule has 1 aliphatic carbocycles. The zero-order valence-electron chi connectivity index (χ0n) is 14.4. The van der Waals surface area contributed by atoms with E-state index in [1.807, 2.05) is 12.1 Å². The molecule has 0 radical (unpaired) electrons. The van der Waals surface area contributed by atoms with Crippen LogP contribution in [0.15, 0.2) is 35.3 Å². The normalized spacial score (nSPS) is 13.5. The van der Waals surface area contributed by atoms with Crippen LogP contribution in [0.5, 0.6) is 5.75 Å². The van der Waals surface area contributed by atoms with Gasteiger partial charge in [0.25, 0.3) is 11.5 Å². The van der Waals surface area contributed by atoms with Gasteiger partial charge in [0.15, 0.2) is 5.75 Å². The molecular formula is C19H20Cl2N2O3. The first-order valence-corrected chi connectivity index (χ1v) is 9.28. The third kappa shape index (κ3) is 4.22. The number of benzene rings is 1. The molecular weight excluding hydrogens is 375 g/mol. The first kappa shape index (κ1) is 18.8. The molecule has 3 rings (SSSR count). The zero-order valence-corrected chi connectivity index (χ0v) is 15.9. The summed E-state index contributed by atoms with van der Waals surface area (Å²) < 4.78 is 6.83. The molecule has 0 spiro atoms. The van der Waals surface area contributed by atoms with Gasteiger partial charge in [-0.2, -0.15) is 0 Å². The van der Waals surface area contributed by atoms with Gasteiger partial charge < -0.3 is 14.6 Å². The molecule has 1 aromatic carbocycles. The Labute approximate surface area is 161 Å². The first-order chi connectivity index (χ1) is 12.5. The van der Waals surface area contributed by atoms with Crippen molar-refractivity contribution in [3.05, 3.63) is 62.0 Å². The van der Waals surface area contributed by atoms with Crippen LogP contribution in [-0.2, 0) is 6.42 Å². The highest BCUT2D eigenvalue weighted by Gasteiger charge is 2.27. The number of hydrogen-bond acceptors (Lipinski definition) is 3. The van der Waals surface area contributed by atoms with Crippen molar-refractivity contribution in [1.82, 2.24) is 9.88 Å². The molecule has 26 heavy (non-hydrogen) atoms. The Bertz CT molecular complexity index is 876. The molecule has 2 aromatic rings. The van der Waals surface area contributed by atoms with Crippen LogP contribution < -0.4 is 15.6 Å². The molecule has 1 amide bonds. The van der Waals surface area contributed by atoms with Gasteiger partial charge in [-0.25, -0.2) is 0 Å². The van der Waals surface area contributed by atoms with E-state index < -0.39 is 0 Å². The van der Waals surface area contributed by atoms with Crippen LogP contribution in [0, 0.1) is 0 Å². The Morgan fingerprint density at radius 1 is 1.27 bits per heavy atom. The number of carbonyl (C=O) groups is 1. The standard InChI is InChI=1S/C19H20Cl2N2O3/c1-26-17-14(8-10-23(19(17)25)13-5-6-13)18(24)22-9-2-3-12-4-7-15(20)16(21)11-12/h4,7-8,10-11,13H,2-3,5-6,9H2,1H3,(H,22,24). The van der Waals surface area contributed by atoms with Gasteiger partial charge in [0, 0.05) is 18.8 Å². The average Bonchev–Trinajstić information content (AvgIpc) is 3.46. The first-order valence-electron chi connectivity index (χ1n) is 8.52. The van der Waals surface area contributed by atoms with Crippen LogP contribution in [0.1, 0.15) is 41.2 Å². The maximum atomic E-state index is 12.4. The van der Waals surface area contributed by atoms with Crippen molar-refractivity contribution < 1.29 is 9.53 Å². The Morgan fingerprint density at radius 2 is 2.04 bits per heavy atom. The van der Waals surface area contributed by atoms with Crippen LogP contribution in [0.3, 0.4) is 0 Å². The minimum Gasteiger partial charge on any atom is -0.491 e. The van der Waals surface area contributed by atoms with Crippen molar-refractivity contribution in [2.45, 2.75) is 31.7 Å². The number of nitrogens with one attached hydrogen (secondary N) is 1. The maximum Gasteiger partial charge on any atom is 0.293 e. The fourth-order valence-electron chi connectivity index (χ4n) is 2.83. The Balaban J connectivity index is 1.58. The lowest BCUT2D eigenvalue weighted by Crippen LogP contribution is -2.29. The van der Waals surface area contributed by atoms with Crippen molar-refractivity contribution >= 4 is 29.1 Å². The molecule has 0 aliphatic heterocycles. The van der Waals surface area contributed by atoms with Gasteiger partial charge in [-0.1, -0.05) is 29.3 Å². The van der Waals surface area contributed by atoms with E-state index in [0.29, 0.717) is 16.6 Å². The van der Waals surface area contributed by atoms with Crippen LogP contribution in [-0.4, -0.2) is 24.1 Å². The van der Waals surface area contributed by atoms with E-state index in [1.54, 1.807) is 22.9 Å². The predicted molar refractivity (Wildman–Crippen MR) is 103 cm³/mol. The molecule has 1 aliphatic rings. The van der Waals surface area contributed by atoms with Crippen molar-refractivity contribution in [3.63, 3.8) is 0 Å². The lowest BCUT2D eigenvalue weighted by atomic mass is 10.1. The van der Waals surface area contributed by atoms with Gasteiger partial charge in [0.1, 0.15) is 0 Å². The van der Waals surface area contributed by atoms with Crippen LogP contribution in [0.2, 0.25) is 10.0 Å². The molecule has 7 heteroatoms. The number of halogens is 2. The summed E-state index contributed by atoms with van der Waals surface area (Å²) >= 11 is 11.9. The number of pyridine rings is 1. The number of amides is 1. The largest absolute Gasteiger partial charge is 0.491 e. The maximum absolute atomic E-state index is 12.4. The summed E-state index contributed by atoms with van der Waals surface area (Å²) in [7, 11) is 1.41. The molecule has 138 valence electrons. The van der Waals surface area contributed by atoms with Gasteiger partial charge in [0.05, 0.1) is 22.7 Å². The number of hydrogen-bond donors (Lipinski definition) is 1. The van der Waals surface area contributed by atoms with Crippen molar-refractivity contribution in [1.29, 1.82) is 0 Å². The third-order valence-corrected chi connectivity index (χ3v) is 5.12. The van der Waals surface area contributed by atoms with Crippen molar-refractivity contribution in [2.75, 3.05) is 13.7 Å². The van der Waals surface area contributed by atoms with Crippen molar-refractivity contribution in [2.24, 2.45) is 0 Å². The topological polar surface area (TPSA) is 60.3 Å². The second-order valence-corrected chi connectivity index (χ2v) is 7.13. The number of methoxy groups -OCH3 is 1. The third-order valence-electron chi connectivity index (χ3n) is 4.38. The number of carbonyl (C=O) groups excluding carboxylic acids is 1. The number of aryl methyl sites for hydroxylation is 1. The lowest BCUT2D eigenvalue weighted by Gasteiger charge is -2.12. The van der Waals surface area contributed by atoms with E-state index in [4.69, 9.17) is 27.9 Å². The minimum atomic E-state index is -0.309. The quantitative estimate of drug-likeness (QED) is 0.725. The summed E-state index contributed by atoms with van der Waals surface area (Å²) in [6, 6.07) is 7.38. The molecule has 0 bridgehead atoms. The molecule has 1 heterocycles. The van der Waals surface area contributed by atoms with Crippen LogP contribution in [0.25, 0.3) is 0 Å². The molecule has 5 nitrogen and oxygen atoms in total. The second-order valence-electron chi connectivity index (χ2n) is 6.31. The molecule has 1 fully saturated rings. The second kappa shape index (κ2) is 8.14. The highest BCUT2D eigenvalue weighted by atomic mass is 35.5. The van der Waals surface area contributed by atoms with E-state index in [9.17, 15) is 9.59 Å². The van der Waals surface area contributed by atoms with E-state index in [1.165, 1.54) is 7.11 Å². The van der Waals surface area contributed by atoms with Gasteiger partial charge in [-0.3, -0.25) is 9.59 Å². The monoisotopic (exact) mass is 394 g/mol. The van der Waals surface area contributed by atoms with E-state index in [2.05, 4.69) is 5.32 Å². The number of aromatic nitrogens is 1. The van der Waals surface area contributed by atoms with Gasteiger partial charge in [-0.05, 0) is 49.4 Å². The van der Waals surface area contributed by atoms with E-state index in [0.717, 1.165) is 31.2 Å². The predicted octanol–water partition coefficient (Wildman–Crippen LogP) is 3.86. The fourth-order valence-corrected chi connectivity index (χ4v) is 3.15. The fraction of sp³-hybridized carbons (Fsp3) is 0.368. The SMILES string of the molecule is COc1c(C(=O)NCCCc2ccc(Cl)c(Cl)c2)ccn(C2CC2)c1=O. The molecule has 0 atom stereocenters. The summed E-state index contributed by atoms with van der Waals surface area (Å²) in [6.45, 7) is 0.480. The Morgan fingerprint density at radius 3 is 2.69 bits per heavy atom. The number of ether oxygens (including phenoxy) is 1. The summed E-state index contributed by atoms with van der Waals surface area (Å²) in [6.07, 6.45) is 5.16. The summed E-state index contributed by atoms with van der Waals surface area (Å²) in [5.74, 6) is -0.211. The molecule has 1 saturated carbocycles. The van der Waals surface area contributed by atoms with Gasteiger partial charge >= 0.3 is 0 Å². The number of nitrogens with zero attached hydrogens (tertiary/aromatic N) is 1. The Kier molecular flexibility index (Phi) is 5.89. The van der Waals surface area contributed by atoms with E-state index in [-0.39, 0.29) is 28.8 Å². The lowest BCUT2D eigenvalue weighted by molar-refractivity contribution is 0.0949. The summed E-state index contributed by atoms with van der Waals surface area (Å²) in [5, 5.41) is 3.88. The van der Waals surface area contributed by atoms with E-state index >= 15 is 0 Å². The highest BCUT2D eigenvalue weighted by Crippen LogP contribution is 2.34. The van der Waals surface area contributed by atoms with Crippen molar-refractivity contribution in [3.8, 4) is 5.75 Å². The average molecular weight is 395 g/mol. The molecule has 0 saturated heterocycles. The zero-order chi connectivity index (χ0) is 18.7. The van der Waals surface area contributed by atoms with Gasteiger partial charge in [-0.15, -0.1) is 0 Å². The molecule has 0 unspecified atom stereocenters. The summed E-state index contributed by atoms with van der Waals surface area (Å²) in [4.78, 5) is 24.8. The summed E-state index contributed by atoms with van der Waals surface area (Å²) in [5.41, 5.74) is 1.07. The minimum absolute atomic E-state index is 0.0985. The molecule has 1 N–H and O–H groups in total. The van der Waals surface area contributed by atoms with Crippen LogP contribution in [0.4, 0.5) is 0 Å². The highest BCUT2D eigenvalue weighted by molar-refractivity contribution is 6.42. The Hall–Kier alpha value is -1.98. The van der Waals surface area contributed by atoms with Crippen LogP contribution >= 0.6 is 23.2 Å². The van der Waals surface area contributed by atoms with Gasteiger partial charge in [0.2, 0.25) is 0 Å². The molecule has 1 aromatic heterocycles.